The molecular weight excluding hydrogens is 590 g/mol. The second-order valence-electron chi connectivity index (χ2n) is 11.8. The first-order valence-corrected chi connectivity index (χ1v) is 15.7. The molecule has 3 aromatic rings. The molecule has 0 saturated carbocycles. The van der Waals surface area contributed by atoms with Crippen LogP contribution in [0.25, 0.3) is 0 Å². The average Bonchev–Trinajstić information content (AvgIpc) is 3.07. The van der Waals surface area contributed by atoms with E-state index in [-0.39, 0.29) is 36.9 Å². The number of likely N-dealkylation sites (N-methyl/N-ethyl adjacent to an activating group) is 1. The number of hydroxylamine groups is 1. The Kier molecular flexibility index (Phi) is 13.5. The van der Waals surface area contributed by atoms with Gasteiger partial charge in [-0.1, -0.05) is 67.1 Å². The van der Waals surface area contributed by atoms with Crippen LogP contribution in [0.3, 0.4) is 0 Å². The van der Waals surface area contributed by atoms with E-state index in [0.29, 0.717) is 50.9 Å². The number of aromatic hydroxyl groups is 1. The highest BCUT2D eigenvalue weighted by Crippen LogP contribution is 2.38. The number of unbranched alkanes of at least 4 members (excludes halogenated alkanes) is 2. The van der Waals surface area contributed by atoms with Crippen LogP contribution in [0.5, 0.6) is 5.75 Å². The van der Waals surface area contributed by atoms with Crippen LogP contribution >= 0.6 is 0 Å². The Bertz CT molecular complexity index is 1390. The Morgan fingerprint density at radius 1 is 0.913 bits per heavy atom. The number of hydrogen-bond acceptors (Lipinski definition) is 9. The SMILES string of the molecule is CN(CC1CC(c2ccc(CO)cc2)OC(c2ccc(CNC(=O)CCCCCC(=O)NO)cc2)O1)CC(O)c1cccc(O)c1. The first kappa shape index (κ1) is 35.0. The van der Waals surface area contributed by atoms with Gasteiger partial charge in [0.2, 0.25) is 11.8 Å². The highest BCUT2D eigenvalue weighted by Gasteiger charge is 2.33. The summed E-state index contributed by atoms with van der Waals surface area (Å²) < 4.78 is 12.9. The fourth-order valence-corrected chi connectivity index (χ4v) is 5.47. The molecule has 1 saturated heterocycles. The Morgan fingerprint density at radius 2 is 1.59 bits per heavy atom. The topological polar surface area (TPSA) is 161 Å². The number of phenolic OH excluding ortho intramolecular Hbond substituents is 1. The molecule has 248 valence electrons. The third kappa shape index (κ3) is 10.9. The third-order valence-corrected chi connectivity index (χ3v) is 8.04. The molecule has 1 aliphatic heterocycles. The second kappa shape index (κ2) is 17.7. The van der Waals surface area contributed by atoms with Crippen molar-refractivity contribution < 1.29 is 39.6 Å². The Labute approximate surface area is 269 Å². The molecule has 0 spiro atoms. The van der Waals surface area contributed by atoms with Gasteiger partial charge < -0.3 is 35.0 Å². The smallest absolute Gasteiger partial charge is 0.243 e. The van der Waals surface area contributed by atoms with Crippen LogP contribution in [0, 0.1) is 0 Å². The van der Waals surface area contributed by atoms with Crippen molar-refractivity contribution in [2.45, 2.75) is 76.3 Å². The van der Waals surface area contributed by atoms with Gasteiger partial charge in [-0.2, -0.15) is 0 Å². The van der Waals surface area contributed by atoms with Crippen molar-refractivity contribution in [2.24, 2.45) is 0 Å². The van der Waals surface area contributed by atoms with E-state index in [1.54, 1.807) is 29.7 Å². The van der Waals surface area contributed by atoms with Crippen LogP contribution in [-0.2, 0) is 32.2 Å². The molecule has 2 amide bonds. The number of phenols is 1. The van der Waals surface area contributed by atoms with Gasteiger partial charge in [-0.15, -0.1) is 0 Å². The number of hydrogen-bond donors (Lipinski definition) is 6. The van der Waals surface area contributed by atoms with Crippen molar-refractivity contribution >= 4 is 11.8 Å². The van der Waals surface area contributed by atoms with Gasteiger partial charge in [-0.25, -0.2) is 5.48 Å². The number of nitrogens with zero attached hydrogens (tertiary/aromatic N) is 1. The average molecular weight is 636 g/mol. The molecular formula is C35H45N3O8. The van der Waals surface area contributed by atoms with Crippen molar-refractivity contribution in [2.75, 3.05) is 20.1 Å². The largest absolute Gasteiger partial charge is 0.508 e. The zero-order valence-electron chi connectivity index (χ0n) is 26.2. The fourth-order valence-electron chi connectivity index (χ4n) is 5.47. The van der Waals surface area contributed by atoms with Gasteiger partial charge in [0.1, 0.15) is 5.75 Å². The second-order valence-corrected chi connectivity index (χ2v) is 11.8. The Balaban J connectivity index is 1.35. The molecule has 0 aromatic heterocycles. The van der Waals surface area contributed by atoms with Crippen LogP contribution in [0.2, 0.25) is 0 Å². The van der Waals surface area contributed by atoms with Gasteiger partial charge in [0.25, 0.3) is 0 Å². The molecule has 4 atom stereocenters. The van der Waals surface area contributed by atoms with E-state index >= 15 is 0 Å². The number of benzene rings is 3. The van der Waals surface area contributed by atoms with Crippen LogP contribution in [0.4, 0.5) is 0 Å². The predicted octanol–water partition coefficient (Wildman–Crippen LogP) is 4.17. The maximum atomic E-state index is 12.3. The zero-order valence-corrected chi connectivity index (χ0v) is 26.2. The van der Waals surface area contributed by atoms with E-state index in [1.165, 1.54) is 0 Å². The number of carbonyl (C=O) groups excluding carboxylic acids is 2. The van der Waals surface area contributed by atoms with Crippen LogP contribution in [0.15, 0.2) is 72.8 Å². The summed E-state index contributed by atoms with van der Waals surface area (Å²) in [6, 6.07) is 22.0. The van der Waals surface area contributed by atoms with Gasteiger partial charge in [0.05, 0.1) is 24.9 Å². The molecule has 0 bridgehead atoms. The molecule has 0 radical (unpaired) electrons. The summed E-state index contributed by atoms with van der Waals surface area (Å²) in [5.41, 5.74) is 5.81. The molecule has 6 N–H and O–H groups in total. The van der Waals surface area contributed by atoms with Crippen LogP contribution < -0.4 is 10.8 Å². The maximum absolute atomic E-state index is 12.3. The summed E-state index contributed by atoms with van der Waals surface area (Å²) in [4.78, 5) is 25.3. The monoisotopic (exact) mass is 635 g/mol. The van der Waals surface area contributed by atoms with Gasteiger partial charge in [0.15, 0.2) is 6.29 Å². The minimum atomic E-state index is -0.775. The van der Waals surface area contributed by atoms with Crippen molar-refractivity contribution in [1.29, 1.82) is 0 Å². The Hall–Kier alpha value is -3.84. The summed E-state index contributed by atoms with van der Waals surface area (Å²) in [6.07, 6.45) is 1.32. The molecule has 1 aliphatic rings. The molecule has 1 heterocycles. The lowest BCUT2D eigenvalue weighted by molar-refractivity contribution is -0.252. The lowest BCUT2D eigenvalue weighted by Gasteiger charge is -2.38. The lowest BCUT2D eigenvalue weighted by Crippen LogP contribution is -2.39. The number of aliphatic hydroxyl groups is 2. The van der Waals surface area contributed by atoms with Gasteiger partial charge in [-0.3, -0.25) is 14.8 Å². The van der Waals surface area contributed by atoms with Gasteiger partial charge in [-0.05, 0) is 54.3 Å². The highest BCUT2D eigenvalue weighted by atomic mass is 16.7. The predicted molar refractivity (Wildman–Crippen MR) is 170 cm³/mol. The minimum absolute atomic E-state index is 0.0369. The van der Waals surface area contributed by atoms with Crippen molar-refractivity contribution in [3.63, 3.8) is 0 Å². The molecule has 11 nitrogen and oxygen atoms in total. The maximum Gasteiger partial charge on any atom is 0.243 e. The first-order chi connectivity index (χ1) is 22.2. The number of aliphatic hydroxyl groups excluding tert-OH is 2. The number of rotatable bonds is 16. The fraction of sp³-hybridized carbons (Fsp3) is 0.429. The van der Waals surface area contributed by atoms with Crippen LogP contribution in [-0.4, -0.2) is 63.5 Å². The highest BCUT2D eigenvalue weighted by molar-refractivity contribution is 5.76. The summed E-state index contributed by atoms with van der Waals surface area (Å²) in [5, 5.41) is 41.5. The standard InChI is InChI=1S/C35H45N3O8/c1-38(22-31(41)28-6-5-7-29(40)18-28)21-30-19-32(26-14-12-25(23-39)13-15-26)46-35(45-30)27-16-10-24(11-17-27)20-36-33(42)8-3-2-4-9-34(43)37-44/h5-7,10-18,30-32,35,39-41,44H,2-4,8-9,19-23H2,1H3,(H,36,42)(H,37,43). The van der Waals surface area contributed by atoms with Crippen molar-refractivity contribution in [3.05, 3.63) is 101 Å². The van der Waals surface area contributed by atoms with E-state index in [9.17, 15) is 24.9 Å². The zero-order chi connectivity index (χ0) is 32.9. The molecule has 11 heteroatoms. The summed E-state index contributed by atoms with van der Waals surface area (Å²) >= 11 is 0. The summed E-state index contributed by atoms with van der Waals surface area (Å²) in [7, 11) is 1.92. The number of amides is 2. The lowest BCUT2D eigenvalue weighted by atomic mass is 9.99. The Morgan fingerprint density at radius 3 is 2.26 bits per heavy atom. The van der Waals surface area contributed by atoms with E-state index in [1.807, 2.05) is 60.5 Å². The summed E-state index contributed by atoms with van der Waals surface area (Å²) in [5.74, 6) is -0.378. The molecule has 1 fully saturated rings. The van der Waals surface area contributed by atoms with Gasteiger partial charge in [0, 0.05) is 44.5 Å². The third-order valence-electron chi connectivity index (χ3n) is 8.04. The van der Waals surface area contributed by atoms with Crippen molar-refractivity contribution in [1.82, 2.24) is 15.7 Å². The summed E-state index contributed by atoms with van der Waals surface area (Å²) in [6.45, 7) is 1.24. The number of ether oxygens (including phenoxy) is 2. The molecule has 4 rings (SSSR count). The quantitative estimate of drug-likeness (QED) is 0.0771. The normalized spacial score (nSPS) is 18.7. The van der Waals surface area contributed by atoms with E-state index in [0.717, 1.165) is 28.7 Å². The molecule has 3 aromatic carbocycles. The van der Waals surface area contributed by atoms with E-state index < -0.39 is 18.3 Å². The van der Waals surface area contributed by atoms with E-state index in [2.05, 4.69) is 5.32 Å². The van der Waals surface area contributed by atoms with E-state index in [4.69, 9.17) is 14.7 Å². The first-order valence-electron chi connectivity index (χ1n) is 15.7. The van der Waals surface area contributed by atoms with Crippen molar-refractivity contribution in [3.8, 4) is 5.75 Å². The minimum Gasteiger partial charge on any atom is -0.508 e. The number of carbonyl (C=O) groups is 2. The van der Waals surface area contributed by atoms with Crippen LogP contribution in [0.1, 0.15) is 84.8 Å². The molecule has 46 heavy (non-hydrogen) atoms. The number of nitrogens with one attached hydrogen (secondary N) is 2. The molecule has 0 aliphatic carbocycles. The van der Waals surface area contributed by atoms with Gasteiger partial charge >= 0.3 is 0 Å². The molecule has 4 unspecified atom stereocenters.